The van der Waals surface area contributed by atoms with Crippen molar-refractivity contribution in [2.24, 2.45) is 11.5 Å². The van der Waals surface area contributed by atoms with E-state index in [2.05, 4.69) is 0 Å². The maximum Gasteiger partial charge on any atom is 0.258 e. The number of benzene rings is 1. The van der Waals surface area contributed by atoms with Crippen molar-refractivity contribution in [2.75, 3.05) is 0 Å². The zero-order valence-corrected chi connectivity index (χ0v) is 10.7. The Morgan fingerprint density at radius 1 is 1.47 bits per heavy atom. The SMILES string of the molecule is CC(N)Cc1cccc(Cl)c1OC(C)C(N)=O. The Balaban J connectivity index is 2.99. The number of ether oxygens (including phenoxy) is 1. The van der Waals surface area contributed by atoms with E-state index in [1.807, 2.05) is 19.1 Å². The number of amides is 1. The molecule has 0 bridgehead atoms. The lowest BCUT2D eigenvalue weighted by Crippen LogP contribution is -2.31. The van der Waals surface area contributed by atoms with E-state index in [0.29, 0.717) is 17.2 Å². The lowest BCUT2D eigenvalue weighted by atomic mass is 10.1. The summed E-state index contributed by atoms with van der Waals surface area (Å²) in [7, 11) is 0. The Morgan fingerprint density at radius 3 is 2.65 bits per heavy atom. The maximum atomic E-state index is 11.0. The fourth-order valence-corrected chi connectivity index (χ4v) is 1.67. The highest BCUT2D eigenvalue weighted by Crippen LogP contribution is 2.30. The van der Waals surface area contributed by atoms with Crippen molar-refractivity contribution in [2.45, 2.75) is 32.4 Å². The smallest absolute Gasteiger partial charge is 0.258 e. The molecule has 1 rings (SSSR count). The normalized spacial score (nSPS) is 14.1. The largest absolute Gasteiger partial charge is 0.479 e. The molecule has 0 aliphatic carbocycles. The second-order valence-electron chi connectivity index (χ2n) is 4.07. The fourth-order valence-electron chi connectivity index (χ4n) is 1.43. The van der Waals surface area contributed by atoms with Crippen LogP contribution in [-0.2, 0) is 11.2 Å². The summed E-state index contributed by atoms with van der Waals surface area (Å²) in [5, 5.41) is 0.455. The molecular formula is C12H17ClN2O2. The van der Waals surface area contributed by atoms with Crippen LogP contribution in [0.4, 0.5) is 0 Å². The van der Waals surface area contributed by atoms with E-state index in [4.69, 9.17) is 27.8 Å². The summed E-state index contributed by atoms with van der Waals surface area (Å²) >= 11 is 6.04. The van der Waals surface area contributed by atoms with Crippen molar-refractivity contribution in [3.05, 3.63) is 28.8 Å². The van der Waals surface area contributed by atoms with Crippen LogP contribution < -0.4 is 16.2 Å². The van der Waals surface area contributed by atoms with Crippen molar-refractivity contribution in [1.29, 1.82) is 0 Å². The highest BCUT2D eigenvalue weighted by atomic mass is 35.5. The zero-order valence-electron chi connectivity index (χ0n) is 9.94. The van der Waals surface area contributed by atoms with Crippen LogP contribution in [0.3, 0.4) is 0 Å². The molecule has 4 N–H and O–H groups in total. The van der Waals surface area contributed by atoms with E-state index in [0.717, 1.165) is 5.56 Å². The average Bonchev–Trinajstić information content (AvgIpc) is 2.22. The summed E-state index contributed by atoms with van der Waals surface area (Å²) in [5.41, 5.74) is 11.8. The number of carbonyl (C=O) groups is 1. The van der Waals surface area contributed by atoms with E-state index in [1.54, 1.807) is 13.0 Å². The van der Waals surface area contributed by atoms with E-state index in [1.165, 1.54) is 0 Å². The predicted molar refractivity (Wildman–Crippen MR) is 68.1 cm³/mol. The van der Waals surface area contributed by atoms with Gasteiger partial charge in [-0.15, -0.1) is 0 Å². The number of rotatable bonds is 5. The quantitative estimate of drug-likeness (QED) is 0.838. The summed E-state index contributed by atoms with van der Waals surface area (Å²) in [4.78, 5) is 11.0. The Bertz CT molecular complexity index is 407. The van der Waals surface area contributed by atoms with Crippen molar-refractivity contribution in [3.63, 3.8) is 0 Å². The summed E-state index contributed by atoms with van der Waals surface area (Å²) in [6.45, 7) is 3.48. The Labute approximate surface area is 106 Å². The minimum Gasteiger partial charge on any atom is -0.479 e. The first-order chi connectivity index (χ1) is 7.91. The number of halogens is 1. The number of nitrogens with two attached hydrogens (primary N) is 2. The number of primary amides is 1. The van der Waals surface area contributed by atoms with Gasteiger partial charge in [0.2, 0.25) is 0 Å². The first-order valence-corrected chi connectivity index (χ1v) is 5.78. The van der Waals surface area contributed by atoms with E-state index >= 15 is 0 Å². The number of hydrogen-bond donors (Lipinski definition) is 2. The molecule has 2 atom stereocenters. The van der Waals surface area contributed by atoms with E-state index in [9.17, 15) is 4.79 Å². The van der Waals surface area contributed by atoms with Crippen LogP contribution >= 0.6 is 11.6 Å². The van der Waals surface area contributed by atoms with Gasteiger partial charge >= 0.3 is 0 Å². The molecule has 0 heterocycles. The third-order valence-electron chi connectivity index (χ3n) is 2.29. The van der Waals surface area contributed by atoms with Crippen LogP contribution in [0.25, 0.3) is 0 Å². The molecule has 1 amide bonds. The average molecular weight is 257 g/mol. The zero-order chi connectivity index (χ0) is 13.0. The third kappa shape index (κ3) is 3.91. The monoisotopic (exact) mass is 256 g/mol. The fraction of sp³-hybridized carbons (Fsp3) is 0.417. The van der Waals surface area contributed by atoms with Crippen LogP contribution in [-0.4, -0.2) is 18.1 Å². The molecular weight excluding hydrogens is 240 g/mol. The highest BCUT2D eigenvalue weighted by molar-refractivity contribution is 6.32. The molecule has 1 aromatic rings. The van der Waals surface area contributed by atoms with Crippen molar-refractivity contribution >= 4 is 17.5 Å². The van der Waals surface area contributed by atoms with Crippen LogP contribution in [0.15, 0.2) is 18.2 Å². The molecule has 1 aromatic carbocycles. The molecule has 0 radical (unpaired) electrons. The Kier molecular flexibility index (Phi) is 4.78. The van der Waals surface area contributed by atoms with Gasteiger partial charge in [0.25, 0.3) is 5.91 Å². The van der Waals surface area contributed by atoms with Crippen LogP contribution in [0, 0.1) is 0 Å². The molecule has 0 saturated carbocycles. The molecule has 0 spiro atoms. The summed E-state index contributed by atoms with van der Waals surface area (Å²) in [5.74, 6) is -0.0468. The molecule has 0 aromatic heterocycles. The standard InChI is InChI=1S/C12H17ClN2O2/c1-7(14)6-9-4-3-5-10(13)11(9)17-8(2)12(15)16/h3-5,7-8H,6,14H2,1-2H3,(H2,15,16). The first-order valence-electron chi connectivity index (χ1n) is 5.40. The molecule has 5 heteroatoms. The molecule has 0 fully saturated rings. The van der Waals surface area contributed by atoms with Gasteiger partial charge in [-0.3, -0.25) is 4.79 Å². The van der Waals surface area contributed by atoms with Gasteiger partial charge in [0.05, 0.1) is 5.02 Å². The maximum absolute atomic E-state index is 11.0. The second-order valence-corrected chi connectivity index (χ2v) is 4.48. The number of carbonyl (C=O) groups excluding carboxylic acids is 1. The topological polar surface area (TPSA) is 78.3 Å². The van der Waals surface area contributed by atoms with Gasteiger partial charge in [-0.2, -0.15) is 0 Å². The summed E-state index contributed by atoms with van der Waals surface area (Å²) in [6, 6.07) is 5.38. The minimum atomic E-state index is -0.721. The molecule has 0 aliphatic rings. The van der Waals surface area contributed by atoms with Crippen molar-refractivity contribution < 1.29 is 9.53 Å². The summed E-state index contributed by atoms with van der Waals surface area (Å²) < 4.78 is 5.48. The molecule has 94 valence electrons. The number of hydrogen-bond acceptors (Lipinski definition) is 3. The minimum absolute atomic E-state index is 0.0142. The van der Waals surface area contributed by atoms with Gasteiger partial charge in [-0.05, 0) is 31.9 Å². The highest BCUT2D eigenvalue weighted by Gasteiger charge is 2.16. The molecule has 0 saturated heterocycles. The predicted octanol–water partition coefficient (Wildman–Crippen LogP) is 1.48. The lowest BCUT2D eigenvalue weighted by molar-refractivity contribution is -0.123. The van der Waals surface area contributed by atoms with Gasteiger partial charge in [0.15, 0.2) is 6.10 Å². The van der Waals surface area contributed by atoms with Crippen LogP contribution in [0.2, 0.25) is 5.02 Å². The van der Waals surface area contributed by atoms with Crippen molar-refractivity contribution in [3.8, 4) is 5.75 Å². The van der Waals surface area contributed by atoms with E-state index in [-0.39, 0.29) is 6.04 Å². The number of para-hydroxylation sites is 1. The van der Waals surface area contributed by atoms with Gasteiger partial charge < -0.3 is 16.2 Å². The molecule has 0 aliphatic heterocycles. The van der Waals surface area contributed by atoms with Gasteiger partial charge in [-0.1, -0.05) is 23.7 Å². The molecule has 2 unspecified atom stereocenters. The van der Waals surface area contributed by atoms with Gasteiger partial charge in [0.1, 0.15) is 5.75 Å². The molecule has 4 nitrogen and oxygen atoms in total. The van der Waals surface area contributed by atoms with Crippen LogP contribution in [0.1, 0.15) is 19.4 Å². The third-order valence-corrected chi connectivity index (χ3v) is 2.58. The Morgan fingerprint density at radius 2 is 2.12 bits per heavy atom. The lowest BCUT2D eigenvalue weighted by Gasteiger charge is -2.17. The second kappa shape index (κ2) is 5.89. The van der Waals surface area contributed by atoms with Crippen molar-refractivity contribution in [1.82, 2.24) is 0 Å². The molecule has 17 heavy (non-hydrogen) atoms. The van der Waals surface area contributed by atoms with Gasteiger partial charge in [-0.25, -0.2) is 0 Å². The van der Waals surface area contributed by atoms with Crippen LogP contribution in [0.5, 0.6) is 5.75 Å². The summed E-state index contributed by atoms with van der Waals surface area (Å²) in [6.07, 6.45) is -0.0943. The Hall–Kier alpha value is -1.26. The van der Waals surface area contributed by atoms with Gasteiger partial charge in [0, 0.05) is 6.04 Å². The van der Waals surface area contributed by atoms with E-state index < -0.39 is 12.0 Å². The first kappa shape index (κ1) is 13.8.